The lowest BCUT2D eigenvalue weighted by molar-refractivity contribution is -0.153. The number of hydrogen-bond acceptors (Lipinski definition) is 3. The molecule has 1 aromatic rings. The number of rotatable bonds is 7. The Balaban J connectivity index is 2.16. The van der Waals surface area contributed by atoms with Crippen molar-refractivity contribution in [2.45, 2.75) is 38.1 Å². The zero-order valence-corrected chi connectivity index (χ0v) is 13.2. The van der Waals surface area contributed by atoms with Gasteiger partial charge in [0.05, 0.1) is 5.75 Å². The van der Waals surface area contributed by atoms with E-state index in [9.17, 15) is 30.4 Å². The van der Waals surface area contributed by atoms with Gasteiger partial charge in [0.1, 0.15) is 11.8 Å². The molecule has 0 saturated heterocycles. The van der Waals surface area contributed by atoms with Gasteiger partial charge < -0.3 is 4.74 Å². The van der Waals surface area contributed by atoms with Crippen LogP contribution in [0.3, 0.4) is 0 Å². The predicted octanol–water partition coefficient (Wildman–Crippen LogP) is 3.61. The molecule has 1 aliphatic carbocycles. The Kier molecular flexibility index (Phi) is 5.69. The van der Waals surface area contributed by atoms with E-state index >= 15 is 0 Å². The first-order valence-electron chi connectivity index (χ1n) is 7.18. The summed E-state index contributed by atoms with van der Waals surface area (Å²) in [5.41, 5.74) is -0.402. The maximum atomic E-state index is 13.2. The summed E-state index contributed by atoms with van der Waals surface area (Å²) in [5.74, 6) is -0.795. The van der Waals surface area contributed by atoms with Crippen molar-refractivity contribution in [1.82, 2.24) is 4.72 Å². The zero-order chi connectivity index (χ0) is 18.0. The molecule has 4 nitrogen and oxygen atoms in total. The van der Waals surface area contributed by atoms with Crippen molar-refractivity contribution in [3.63, 3.8) is 0 Å². The van der Waals surface area contributed by atoms with Gasteiger partial charge in [0.25, 0.3) is 0 Å². The van der Waals surface area contributed by atoms with Crippen molar-refractivity contribution in [2.75, 3.05) is 5.75 Å². The van der Waals surface area contributed by atoms with Crippen molar-refractivity contribution >= 4 is 10.0 Å². The number of sulfonamides is 1. The highest BCUT2D eigenvalue weighted by molar-refractivity contribution is 7.89. The molecule has 0 spiro atoms. The van der Waals surface area contributed by atoms with Crippen LogP contribution in [0, 0.1) is 5.92 Å². The van der Waals surface area contributed by atoms with E-state index in [0.717, 1.165) is 30.7 Å². The van der Waals surface area contributed by atoms with Gasteiger partial charge in [0.2, 0.25) is 10.0 Å². The van der Waals surface area contributed by atoms with Crippen molar-refractivity contribution in [2.24, 2.45) is 5.92 Å². The normalized spacial score (nSPS) is 17.6. The Morgan fingerprint density at radius 2 is 1.75 bits per heavy atom. The molecule has 1 saturated carbocycles. The molecule has 0 amide bonds. The first-order valence-corrected chi connectivity index (χ1v) is 8.83. The fourth-order valence-corrected chi connectivity index (χ4v) is 4.04. The molecule has 10 heteroatoms. The molecular formula is C14H16F5NO3S. The minimum atomic E-state index is -4.86. The minimum Gasteiger partial charge on any atom is -0.435 e. The Labute approximate surface area is 136 Å². The SMILES string of the molecule is O=S(=O)(CC1CCC1)NC(c1ccc(OC(F)F)cc1)C(F)(F)F. The van der Waals surface area contributed by atoms with E-state index < -0.39 is 34.4 Å². The van der Waals surface area contributed by atoms with Crippen molar-refractivity contribution < 1.29 is 35.1 Å². The van der Waals surface area contributed by atoms with E-state index in [1.807, 2.05) is 0 Å². The summed E-state index contributed by atoms with van der Waals surface area (Å²) in [6, 6.07) is 1.23. The number of halogens is 5. The van der Waals surface area contributed by atoms with Gasteiger partial charge in [0, 0.05) is 0 Å². The van der Waals surface area contributed by atoms with E-state index in [2.05, 4.69) is 4.74 Å². The predicted molar refractivity (Wildman–Crippen MR) is 76.1 cm³/mol. The lowest BCUT2D eigenvalue weighted by Gasteiger charge is -2.27. The van der Waals surface area contributed by atoms with Gasteiger partial charge in [-0.2, -0.15) is 26.7 Å². The highest BCUT2D eigenvalue weighted by Gasteiger charge is 2.43. The van der Waals surface area contributed by atoms with Gasteiger partial charge in [-0.25, -0.2) is 8.42 Å². The number of ether oxygens (including phenoxy) is 1. The third-order valence-corrected chi connectivity index (χ3v) is 5.25. The Bertz CT molecular complexity index is 641. The van der Waals surface area contributed by atoms with Crippen LogP contribution in [0.25, 0.3) is 0 Å². The van der Waals surface area contributed by atoms with Gasteiger partial charge in [-0.1, -0.05) is 18.6 Å². The molecule has 1 fully saturated rings. The van der Waals surface area contributed by atoms with Crippen molar-refractivity contribution in [3.05, 3.63) is 29.8 Å². The number of hydrogen-bond donors (Lipinski definition) is 1. The second-order valence-corrected chi connectivity index (χ2v) is 7.42. The first-order chi connectivity index (χ1) is 11.1. The molecule has 1 aromatic carbocycles. The van der Waals surface area contributed by atoms with Crippen molar-refractivity contribution in [3.8, 4) is 5.75 Å². The maximum absolute atomic E-state index is 13.2. The molecule has 136 valence electrons. The largest absolute Gasteiger partial charge is 0.435 e. The highest BCUT2D eigenvalue weighted by atomic mass is 32.2. The molecule has 0 bridgehead atoms. The molecular weight excluding hydrogens is 357 g/mol. The maximum Gasteiger partial charge on any atom is 0.408 e. The molecule has 1 atom stereocenters. The van der Waals surface area contributed by atoms with Crippen LogP contribution in [0.1, 0.15) is 30.9 Å². The first kappa shape index (κ1) is 18.9. The second-order valence-electron chi connectivity index (χ2n) is 5.62. The average Bonchev–Trinajstić information content (AvgIpc) is 2.40. The molecule has 24 heavy (non-hydrogen) atoms. The lowest BCUT2D eigenvalue weighted by atomic mass is 9.87. The van der Waals surface area contributed by atoms with Gasteiger partial charge in [-0.15, -0.1) is 0 Å². The Hall–Kier alpha value is -1.42. The molecule has 2 rings (SSSR count). The monoisotopic (exact) mass is 373 g/mol. The smallest absolute Gasteiger partial charge is 0.408 e. The minimum absolute atomic E-state index is 0.127. The number of nitrogens with one attached hydrogen (secondary N) is 1. The van der Waals surface area contributed by atoms with E-state index in [1.165, 1.54) is 0 Å². The van der Waals surface area contributed by atoms with Crippen LogP contribution in [0.5, 0.6) is 5.75 Å². The summed E-state index contributed by atoms with van der Waals surface area (Å²) in [4.78, 5) is 0. The van der Waals surface area contributed by atoms with Crippen LogP contribution in [0.15, 0.2) is 24.3 Å². The summed E-state index contributed by atoms with van der Waals surface area (Å²) in [5, 5.41) is 0. The fraction of sp³-hybridized carbons (Fsp3) is 0.571. The molecule has 1 aliphatic rings. The number of benzene rings is 1. The molecule has 0 aromatic heterocycles. The van der Waals surface area contributed by atoms with Gasteiger partial charge in [0.15, 0.2) is 0 Å². The fourth-order valence-electron chi connectivity index (χ4n) is 2.36. The van der Waals surface area contributed by atoms with Crippen molar-refractivity contribution in [1.29, 1.82) is 0 Å². The van der Waals surface area contributed by atoms with E-state index in [-0.39, 0.29) is 17.4 Å². The van der Waals surface area contributed by atoms with Gasteiger partial charge in [-0.05, 0) is 36.5 Å². The molecule has 1 N–H and O–H groups in total. The van der Waals surface area contributed by atoms with Gasteiger partial charge in [-0.3, -0.25) is 0 Å². The lowest BCUT2D eigenvalue weighted by Crippen LogP contribution is -2.41. The van der Waals surface area contributed by atoms with E-state index in [0.29, 0.717) is 12.8 Å². The highest BCUT2D eigenvalue weighted by Crippen LogP contribution is 2.35. The number of alkyl halides is 5. The van der Waals surface area contributed by atoms with Crippen LogP contribution in [-0.2, 0) is 10.0 Å². The Morgan fingerprint density at radius 1 is 1.17 bits per heavy atom. The average molecular weight is 373 g/mol. The molecule has 1 unspecified atom stereocenters. The van der Waals surface area contributed by atoms with Crippen LogP contribution >= 0.6 is 0 Å². The third-order valence-electron chi connectivity index (χ3n) is 3.74. The quantitative estimate of drug-likeness (QED) is 0.743. The summed E-state index contributed by atoms with van der Waals surface area (Å²) in [6.07, 6.45) is -2.64. The van der Waals surface area contributed by atoms with E-state index in [4.69, 9.17) is 0 Å². The Morgan fingerprint density at radius 3 is 2.17 bits per heavy atom. The summed E-state index contributed by atoms with van der Waals surface area (Å²) in [7, 11) is -4.12. The van der Waals surface area contributed by atoms with Crippen LogP contribution < -0.4 is 9.46 Å². The van der Waals surface area contributed by atoms with Crippen LogP contribution in [0.4, 0.5) is 22.0 Å². The third kappa shape index (κ3) is 5.30. The van der Waals surface area contributed by atoms with Crippen LogP contribution in [-0.4, -0.2) is 27.0 Å². The topological polar surface area (TPSA) is 55.4 Å². The van der Waals surface area contributed by atoms with Crippen LogP contribution in [0.2, 0.25) is 0 Å². The molecule has 0 aliphatic heterocycles. The second kappa shape index (κ2) is 7.22. The summed E-state index contributed by atoms with van der Waals surface area (Å²) >= 11 is 0. The summed E-state index contributed by atoms with van der Waals surface area (Å²) in [6.45, 7) is -3.10. The zero-order valence-electron chi connectivity index (χ0n) is 12.4. The molecule has 0 heterocycles. The molecule has 0 radical (unpaired) electrons. The van der Waals surface area contributed by atoms with E-state index in [1.54, 1.807) is 4.72 Å². The standard InChI is InChI=1S/C14H16F5NO3S/c15-13(16)23-11-6-4-10(5-7-11)12(14(17,18)19)20-24(21,22)8-9-2-1-3-9/h4-7,9,12-13,20H,1-3,8H2. The van der Waals surface area contributed by atoms with Gasteiger partial charge >= 0.3 is 12.8 Å². The summed E-state index contributed by atoms with van der Waals surface area (Å²) < 4.78 is 93.3.